The Hall–Kier alpha value is -0.710. The minimum Gasteiger partial charge on any atom is -0.319 e. The molecule has 0 radical (unpaired) electrons. The van der Waals surface area contributed by atoms with Crippen LogP contribution < -0.4 is 5.32 Å². The fraction of sp³-hybridized carbons (Fsp3) is 0.250. The van der Waals surface area contributed by atoms with E-state index in [2.05, 4.69) is 49.3 Å². The predicted molar refractivity (Wildman–Crippen MR) is 88.6 cm³/mol. The summed E-state index contributed by atoms with van der Waals surface area (Å²) in [6, 6.07) is 13.1. The summed E-state index contributed by atoms with van der Waals surface area (Å²) < 4.78 is 15.4. The van der Waals surface area contributed by atoms with Crippen molar-refractivity contribution in [3.8, 4) is 0 Å². The van der Waals surface area contributed by atoms with E-state index in [4.69, 9.17) is 0 Å². The second-order valence-electron chi connectivity index (χ2n) is 4.75. The van der Waals surface area contributed by atoms with Gasteiger partial charge in [0.25, 0.3) is 0 Å². The molecule has 0 spiro atoms. The number of hydrogen-bond acceptors (Lipinski definition) is 1. The van der Waals surface area contributed by atoms with Crippen LogP contribution in [0.5, 0.6) is 0 Å². The lowest BCUT2D eigenvalue weighted by atomic mass is 9.92. The molecule has 0 fully saturated rings. The summed E-state index contributed by atoms with van der Waals surface area (Å²) in [7, 11) is 1.94. The summed E-state index contributed by atoms with van der Waals surface area (Å²) in [4.78, 5) is 0. The third-order valence-electron chi connectivity index (χ3n) is 3.27. The Morgan fingerprint density at radius 2 is 1.80 bits per heavy atom. The maximum atomic E-state index is 13.4. The predicted octanol–water partition coefficient (Wildman–Crippen LogP) is 4.90. The van der Waals surface area contributed by atoms with E-state index in [-0.39, 0.29) is 5.82 Å². The summed E-state index contributed by atoms with van der Waals surface area (Å²) in [6.45, 7) is 0.852. The van der Waals surface area contributed by atoms with Gasteiger partial charge in [-0.25, -0.2) is 4.39 Å². The van der Waals surface area contributed by atoms with Crippen LogP contribution in [0.4, 0.5) is 4.39 Å². The first kappa shape index (κ1) is 15.7. The summed E-state index contributed by atoms with van der Waals surface area (Å²) in [5, 5.41) is 3.21. The van der Waals surface area contributed by atoms with E-state index in [9.17, 15) is 4.39 Å². The summed E-state index contributed by atoms with van der Waals surface area (Å²) in [5.74, 6) is 0.119. The van der Waals surface area contributed by atoms with Gasteiger partial charge in [-0.3, -0.25) is 0 Å². The van der Waals surface area contributed by atoms with Crippen molar-refractivity contribution in [3.63, 3.8) is 0 Å². The van der Waals surface area contributed by atoms with Crippen LogP contribution in [0, 0.1) is 5.82 Å². The number of likely N-dealkylation sites (N-methyl/N-ethyl adjacent to an activating group) is 1. The molecule has 0 aliphatic carbocycles. The number of rotatable bonds is 5. The van der Waals surface area contributed by atoms with Crippen LogP contribution in [0.15, 0.2) is 51.4 Å². The molecule has 20 heavy (non-hydrogen) atoms. The van der Waals surface area contributed by atoms with Crippen LogP contribution in [0.2, 0.25) is 0 Å². The molecule has 1 unspecified atom stereocenters. The first-order chi connectivity index (χ1) is 9.60. The van der Waals surface area contributed by atoms with Gasteiger partial charge in [0.15, 0.2) is 0 Å². The van der Waals surface area contributed by atoms with Crippen molar-refractivity contribution in [2.75, 3.05) is 13.6 Å². The fourth-order valence-corrected chi connectivity index (χ4v) is 2.93. The van der Waals surface area contributed by atoms with Gasteiger partial charge < -0.3 is 5.32 Å². The number of hydrogen-bond donors (Lipinski definition) is 1. The van der Waals surface area contributed by atoms with Gasteiger partial charge in [-0.2, -0.15) is 0 Å². The van der Waals surface area contributed by atoms with E-state index in [1.54, 1.807) is 12.1 Å². The van der Waals surface area contributed by atoms with Gasteiger partial charge in [-0.05, 0) is 54.9 Å². The smallest absolute Gasteiger partial charge is 0.123 e. The van der Waals surface area contributed by atoms with E-state index in [1.165, 1.54) is 11.6 Å². The maximum Gasteiger partial charge on any atom is 0.123 e. The number of nitrogens with one attached hydrogen (secondary N) is 1. The van der Waals surface area contributed by atoms with Crippen molar-refractivity contribution in [2.24, 2.45) is 0 Å². The van der Waals surface area contributed by atoms with Gasteiger partial charge >= 0.3 is 0 Å². The van der Waals surface area contributed by atoms with Crippen molar-refractivity contribution in [2.45, 2.75) is 12.3 Å². The van der Waals surface area contributed by atoms with E-state index in [1.807, 2.05) is 19.2 Å². The summed E-state index contributed by atoms with van der Waals surface area (Å²) >= 11 is 6.95. The zero-order valence-corrected chi connectivity index (χ0v) is 14.3. The molecule has 2 aromatic rings. The average molecular weight is 401 g/mol. The molecule has 4 heteroatoms. The molecule has 0 heterocycles. The largest absolute Gasteiger partial charge is 0.319 e. The topological polar surface area (TPSA) is 12.0 Å². The van der Waals surface area contributed by atoms with Crippen molar-refractivity contribution >= 4 is 31.9 Å². The summed E-state index contributed by atoms with van der Waals surface area (Å²) in [5.41, 5.74) is 2.24. The lowest BCUT2D eigenvalue weighted by molar-refractivity contribution is 0.607. The Kier molecular flexibility index (Phi) is 5.75. The Morgan fingerprint density at radius 1 is 1.10 bits per heavy atom. The van der Waals surface area contributed by atoms with Crippen molar-refractivity contribution in [1.82, 2.24) is 5.32 Å². The Morgan fingerprint density at radius 3 is 2.45 bits per heavy atom. The highest BCUT2D eigenvalue weighted by molar-refractivity contribution is 9.10. The zero-order chi connectivity index (χ0) is 14.5. The average Bonchev–Trinajstić information content (AvgIpc) is 2.43. The van der Waals surface area contributed by atoms with Crippen molar-refractivity contribution in [1.29, 1.82) is 0 Å². The molecule has 0 bridgehead atoms. The highest BCUT2D eigenvalue weighted by atomic mass is 79.9. The SMILES string of the molecule is CNCC(Cc1cc(F)ccc1Br)c1ccc(Br)cc1. The van der Waals surface area contributed by atoms with Crippen LogP contribution in [-0.2, 0) is 6.42 Å². The number of benzene rings is 2. The van der Waals surface area contributed by atoms with Gasteiger partial charge in [0.1, 0.15) is 5.82 Å². The molecule has 106 valence electrons. The Balaban J connectivity index is 2.25. The molecular weight excluding hydrogens is 385 g/mol. The zero-order valence-electron chi connectivity index (χ0n) is 11.2. The van der Waals surface area contributed by atoms with Gasteiger partial charge in [0, 0.05) is 21.4 Å². The lowest BCUT2D eigenvalue weighted by Crippen LogP contribution is -2.19. The maximum absolute atomic E-state index is 13.4. The van der Waals surface area contributed by atoms with Crippen LogP contribution in [-0.4, -0.2) is 13.6 Å². The van der Waals surface area contributed by atoms with Crippen LogP contribution in [0.25, 0.3) is 0 Å². The first-order valence-corrected chi connectivity index (χ1v) is 8.02. The third kappa shape index (κ3) is 4.14. The second-order valence-corrected chi connectivity index (χ2v) is 6.52. The van der Waals surface area contributed by atoms with Crippen LogP contribution >= 0.6 is 31.9 Å². The van der Waals surface area contributed by atoms with Gasteiger partial charge in [0.05, 0.1) is 0 Å². The highest BCUT2D eigenvalue weighted by Gasteiger charge is 2.14. The van der Waals surface area contributed by atoms with Gasteiger partial charge in [-0.1, -0.05) is 44.0 Å². The molecule has 1 atom stereocenters. The minimum absolute atomic E-state index is 0.192. The van der Waals surface area contributed by atoms with Crippen molar-refractivity contribution in [3.05, 3.63) is 68.4 Å². The van der Waals surface area contributed by atoms with Gasteiger partial charge in [0.2, 0.25) is 0 Å². The van der Waals surface area contributed by atoms with Crippen LogP contribution in [0.3, 0.4) is 0 Å². The lowest BCUT2D eigenvalue weighted by Gasteiger charge is -2.18. The van der Waals surface area contributed by atoms with E-state index < -0.39 is 0 Å². The van der Waals surface area contributed by atoms with Crippen molar-refractivity contribution < 1.29 is 4.39 Å². The molecule has 0 aliphatic heterocycles. The molecule has 0 aliphatic rings. The highest BCUT2D eigenvalue weighted by Crippen LogP contribution is 2.26. The second kappa shape index (κ2) is 7.34. The van der Waals surface area contributed by atoms with Gasteiger partial charge in [-0.15, -0.1) is 0 Å². The van der Waals surface area contributed by atoms with E-state index in [0.717, 1.165) is 27.5 Å². The Bertz CT molecular complexity index is 569. The fourth-order valence-electron chi connectivity index (χ4n) is 2.25. The quantitative estimate of drug-likeness (QED) is 0.752. The molecule has 1 N–H and O–H groups in total. The number of halogens is 3. The van der Waals surface area contributed by atoms with E-state index >= 15 is 0 Å². The molecule has 2 rings (SSSR count). The Labute approximate surface area is 135 Å². The monoisotopic (exact) mass is 399 g/mol. The standard InChI is InChI=1S/C16H16Br2FN/c1-20-10-13(11-2-4-14(17)5-3-11)8-12-9-15(19)6-7-16(12)18/h2-7,9,13,20H,8,10H2,1H3. The minimum atomic E-state index is -0.192. The third-order valence-corrected chi connectivity index (χ3v) is 4.57. The van der Waals surface area contributed by atoms with Crippen LogP contribution in [0.1, 0.15) is 17.0 Å². The molecule has 0 aromatic heterocycles. The molecule has 2 aromatic carbocycles. The molecule has 1 nitrogen and oxygen atoms in total. The first-order valence-electron chi connectivity index (χ1n) is 6.44. The molecule has 0 saturated carbocycles. The van der Waals surface area contributed by atoms with E-state index in [0.29, 0.717) is 5.92 Å². The normalized spacial score (nSPS) is 12.4. The molecule has 0 amide bonds. The molecule has 0 saturated heterocycles. The summed E-state index contributed by atoms with van der Waals surface area (Å²) in [6.07, 6.45) is 0.792. The molecular formula is C16H16Br2FN.